The lowest BCUT2D eigenvalue weighted by Gasteiger charge is -2.09. The summed E-state index contributed by atoms with van der Waals surface area (Å²) >= 11 is 1.36. The number of pyridine rings is 2. The van der Waals surface area contributed by atoms with Gasteiger partial charge in [0.2, 0.25) is 0 Å². The van der Waals surface area contributed by atoms with Gasteiger partial charge in [0.1, 0.15) is 15.6 Å². The maximum absolute atomic E-state index is 13.5. The summed E-state index contributed by atoms with van der Waals surface area (Å²) < 4.78 is 27.9. The number of allylic oxidation sites excluding steroid dienone is 1. The second kappa shape index (κ2) is 9.06. The van der Waals surface area contributed by atoms with Crippen molar-refractivity contribution in [1.82, 2.24) is 25.1 Å². The Morgan fingerprint density at radius 3 is 2.85 bits per heavy atom. The first kappa shape index (κ1) is 21.8. The fourth-order valence-electron chi connectivity index (χ4n) is 3.71. The standard InChI is InChI=1S/C24H17F2N5O2S/c25-18-7-5-14(11-19(18)26)13-31-10-2-4-17(24(31)33)22(32)28-12-21-29-30-23(34-21)16-6-8-20-15(16)3-1-9-27-20/h1-7,9-11H,8,12-13H2,(H,28,32). The number of nitrogens with one attached hydrogen (secondary N) is 1. The zero-order valence-corrected chi connectivity index (χ0v) is 18.5. The van der Waals surface area contributed by atoms with Crippen molar-refractivity contribution in [1.29, 1.82) is 0 Å². The predicted octanol–water partition coefficient (Wildman–Crippen LogP) is 3.34. The Bertz CT molecular complexity index is 1490. The van der Waals surface area contributed by atoms with E-state index in [0.717, 1.165) is 40.4 Å². The number of aromatic nitrogens is 4. The Balaban J connectivity index is 1.27. The lowest BCUT2D eigenvalue weighted by atomic mass is 10.1. The molecule has 1 N–H and O–H groups in total. The third-order valence-electron chi connectivity index (χ3n) is 5.38. The Labute approximate surface area is 196 Å². The number of amides is 1. The van der Waals surface area contributed by atoms with Crippen molar-refractivity contribution in [3.05, 3.63) is 115 Å². The van der Waals surface area contributed by atoms with Gasteiger partial charge in [0.15, 0.2) is 11.6 Å². The number of halogens is 2. The minimum Gasteiger partial charge on any atom is -0.345 e. The minimum absolute atomic E-state index is 0.00234. The largest absolute Gasteiger partial charge is 0.345 e. The van der Waals surface area contributed by atoms with E-state index in [2.05, 4.69) is 26.6 Å². The van der Waals surface area contributed by atoms with Crippen molar-refractivity contribution in [2.45, 2.75) is 19.5 Å². The number of benzene rings is 1. The summed E-state index contributed by atoms with van der Waals surface area (Å²) in [7, 11) is 0. The van der Waals surface area contributed by atoms with Gasteiger partial charge in [-0.05, 0) is 35.9 Å². The van der Waals surface area contributed by atoms with Crippen LogP contribution in [0.1, 0.15) is 37.2 Å². The summed E-state index contributed by atoms with van der Waals surface area (Å²) in [6, 6.07) is 10.2. The van der Waals surface area contributed by atoms with Crippen LogP contribution in [0.4, 0.5) is 8.78 Å². The van der Waals surface area contributed by atoms with E-state index in [1.54, 1.807) is 12.3 Å². The summed E-state index contributed by atoms with van der Waals surface area (Å²) in [4.78, 5) is 29.8. The molecule has 4 aromatic rings. The van der Waals surface area contributed by atoms with E-state index in [1.807, 2.05) is 12.1 Å². The summed E-state index contributed by atoms with van der Waals surface area (Å²) in [6.07, 6.45) is 6.04. The molecule has 34 heavy (non-hydrogen) atoms. The molecule has 1 aromatic carbocycles. The van der Waals surface area contributed by atoms with Gasteiger partial charge < -0.3 is 9.88 Å². The average molecular weight is 477 g/mol. The van der Waals surface area contributed by atoms with E-state index in [0.29, 0.717) is 10.6 Å². The molecule has 0 aliphatic heterocycles. The number of fused-ring (bicyclic) bond motifs is 1. The molecule has 10 heteroatoms. The van der Waals surface area contributed by atoms with E-state index in [-0.39, 0.29) is 18.7 Å². The molecule has 5 rings (SSSR count). The Morgan fingerprint density at radius 1 is 1.12 bits per heavy atom. The molecule has 7 nitrogen and oxygen atoms in total. The monoisotopic (exact) mass is 477 g/mol. The Morgan fingerprint density at radius 2 is 2.00 bits per heavy atom. The van der Waals surface area contributed by atoms with Gasteiger partial charge in [-0.15, -0.1) is 10.2 Å². The van der Waals surface area contributed by atoms with Crippen molar-refractivity contribution in [2.75, 3.05) is 0 Å². The smallest absolute Gasteiger partial charge is 0.263 e. The molecule has 0 radical (unpaired) electrons. The number of rotatable bonds is 6. The van der Waals surface area contributed by atoms with Crippen molar-refractivity contribution < 1.29 is 13.6 Å². The summed E-state index contributed by atoms with van der Waals surface area (Å²) in [6.45, 7) is 0.115. The zero-order chi connectivity index (χ0) is 23.7. The van der Waals surface area contributed by atoms with Crippen LogP contribution in [0, 0.1) is 11.6 Å². The van der Waals surface area contributed by atoms with E-state index in [4.69, 9.17) is 0 Å². The second-order valence-electron chi connectivity index (χ2n) is 7.61. The molecular formula is C24H17F2N5O2S. The van der Waals surface area contributed by atoms with Crippen molar-refractivity contribution in [3.63, 3.8) is 0 Å². The lowest BCUT2D eigenvalue weighted by Crippen LogP contribution is -2.32. The van der Waals surface area contributed by atoms with Gasteiger partial charge in [-0.1, -0.05) is 29.5 Å². The molecule has 0 saturated carbocycles. The third kappa shape index (κ3) is 4.27. The molecule has 0 bridgehead atoms. The van der Waals surface area contributed by atoms with Gasteiger partial charge in [-0.25, -0.2) is 8.78 Å². The Hall–Kier alpha value is -4.05. The van der Waals surface area contributed by atoms with Crippen LogP contribution >= 0.6 is 11.3 Å². The molecule has 0 fully saturated rings. The summed E-state index contributed by atoms with van der Waals surface area (Å²) in [5.74, 6) is -2.52. The highest BCUT2D eigenvalue weighted by molar-refractivity contribution is 7.12. The molecule has 0 saturated heterocycles. The molecule has 1 aliphatic rings. The highest BCUT2D eigenvalue weighted by Crippen LogP contribution is 2.32. The van der Waals surface area contributed by atoms with Crippen LogP contribution in [-0.2, 0) is 19.5 Å². The van der Waals surface area contributed by atoms with Crippen LogP contribution in [-0.4, -0.2) is 25.7 Å². The first-order valence-corrected chi connectivity index (χ1v) is 11.2. The molecule has 170 valence electrons. The van der Waals surface area contributed by atoms with Crippen LogP contribution in [0.5, 0.6) is 0 Å². The minimum atomic E-state index is -0.996. The highest BCUT2D eigenvalue weighted by Gasteiger charge is 2.20. The van der Waals surface area contributed by atoms with Gasteiger partial charge in [-0.3, -0.25) is 14.6 Å². The SMILES string of the molecule is O=C(NCc1nnc(C2=CCc3ncccc32)s1)c1cccn(Cc2ccc(F)c(F)c2)c1=O. The fraction of sp³-hybridized carbons (Fsp3) is 0.125. The van der Waals surface area contributed by atoms with Crippen molar-refractivity contribution in [3.8, 4) is 0 Å². The fourth-order valence-corrected chi connectivity index (χ4v) is 4.55. The first-order chi connectivity index (χ1) is 16.5. The topological polar surface area (TPSA) is 89.8 Å². The highest BCUT2D eigenvalue weighted by atomic mass is 32.1. The van der Waals surface area contributed by atoms with E-state index < -0.39 is 23.1 Å². The van der Waals surface area contributed by atoms with Crippen LogP contribution in [0.2, 0.25) is 0 Å². The second-order valence-corrected chi connectivity index (χ2v) is 8.67. The van der Waals surface area contributed by atoms with E-state index in [1.165, 1.54) is 34.2 Å². The molecule has 0 spiro atoms. The number of nitrogens with zero attached hydrogens (tertiary/aromatic N) is 4. The van der Waals surface area contributed by atoms with Crippen LogP contribution in [0.3, 0.4) is 0 Å². The van der Waals surface area contributed by atoms with E-state index in [9.17, 15) is 18.4 Å². The number of hydrogen-bond donors (Lipinski definition) is 1. The molecule has 0 atom stereocenters. The quantitative estimate of drug-likeness (QED) is 0.460. The van der Waals surface area contributed by atoms with Crippen LogP contribution in [0.25, 0.3) is 5.57 Å². The number of hydrogen-bond acceptors (Lipinski definition) is 6. The van der Waals surface area contributed by atoms with Gasteiger partial charge in [-0.2, -0.15) is 0 Å². The Kier molecular flexibility index (Phi) is 5.81. The molecular weight excluding hydrogens is 460 g/mol. The third-order valence-corrected chi connectivity index (χ3v) is 6.34. The molecule has 3 aromatic heterocycles. The van der Waals surface area contributed by atoms with Gasteiger partial charge >= 0.3 is 0 Å². The van der Waals surface area contributed by atoms with Gasteiger partial charge in [0.05, 0.1) is 18.8 Å². The van der Waals surface area contributed by atoms with E-state index >= 15 is 0 Å². The van der Waals surface area contributed by atoms with Crippen molar-refractivity contribution in [2.24, 2.45) is 0 Å². The maximum atomic E-state index is 13.5. The summed E-state index contributed by atoms with van der Waals surface area (Å²) in [5, 5.41) is 12.4. The van der Waals surface area contributed by atoms with Crippen molar-refractivity contribution >= 4 is 22.8 Å². The average Bonchev–Trinajstić information content (AvgIpc) is 3.48. The predicted molar refractivity (Wildman–Crippen MR) is 122 cm³/mol. The summed E-state index contributed by atoms with van der Waals surface area (Å²) in [5.41, 5.74) is 2.79. The molecule has 1 aliphatic carbocycles. The van der Waals surface area contributed by atoms with Gasteiger partial charge in [0.25, 0.3) is 11.5 Å². The normalized spacial score (nSPS) is 12.4. The number of carbonyl (C=O) groups is 1. The lowest BCUT2D eigenvalue weighted by molar-refractivity contribution is 0.0948. The number of carbonyl (C=O) groups excluding carboxylic acids is 1. The molecule has 3 heterocycles. The van der Waals surface area contributed by atoms with Crippen LogP contribution in [0.15, 0.2) is 65.7 Å². The van der Waals surface area contributed by atoms with Gasteiger partial charge in [0, 0.05) is 30.0 Å². The maximum Gasteiger partial charge on any atom is 0.263 e. The zero-order valence-electron chi connectivity index (χ0n) is 17.7. The molecule has 1 amide bonds. The molecule has 0 unspecified atom stereocenters. The first-order valence-electron chi connectivity index (χ1n) is 10.4. The van der Waals surface area contributed by atoms with Crippen LogP contribution < -0.4 is 10.9 Å².